The number of hydrogen-bond acceptors (Lipinski definition) is 5. The minimum atomic E-state index is -0.893. The first kappa shape index (κ1) is 12.7. The van der Waals surface area contributed by atoms with Gasteiger partial charge in [-0.05, 0) is 18.0 Å². The van der Waals surface area contributed by atoms with Crippen molar-refractivity contribution in [1.82, 2.24) is 14.9 Å². The lowest BCUT2D eigenvalue weighted by Crippen LogP contribution is -2.30. The summed E-state index contributed by atoms with van der Waals surface area (Å²) in [5.41, 5.74) is 0.488. The monoisotopic (exact) mass is 267 g/mol. The highest BCUT2D eigenvalue weighted by Gasteiger charge is 2.11. The van der Waals surface area contributed by atoms with Crippen LogP contribution < -0.4 is 5.56 Å². The van der Waals surface area contributed by atoms with Crippen molar-refractivity contribution < 1.29 is 9.90 Å². The molecule has 0 atom stereocenters. The van der Waals surface area contributed by atoms with Gasteiger partial charge >= 0.3 is 5.97 Å². The number of H-pyrrole nitrogens is 1. The van der Waals surface area contributed by atoms with Crippen molar-refractivity contribution in [3.8, 4) is 0 Å². The molecule has 0 aromatic carbocycles. The highest BCUT2D eigenvalue weighted by molar-refractivity contribution is 7.17. The van der Waals surface area contributed by atoms with Gasteiger partial charge in [-0.2, -0.15) is 0 Å². The largest absolute Gasteiger partial charge is 0.480 e. The maximum atomic E-state index is 11.7. The van der Waals surface area contributed by atoms with Crippen molar-refractivity contribution in [2.45, 2.75) is 13.5 Å². The third kappa shape index (κ3) is 2.74. The molecular formula is C11H13N3O3S. The zero-order valence-corrected chi connectivity index (χ0v) is 10.7. The van der Waals surface area contributed by atoms with Gasteiger partial charge in [0.1, 0.15) is 10.5 Å². The van der Waals surface area contributed by atoms with Gasteiger partial charge in [-0.3, -0.25) is 14.5 Å². The summed E-state index contributed by atoms with van der Waals surface area (Å²) in [4.78, 5) is 31.1. The summed E-state index contributed by atoms with van der Waals surface area (Å²) in [5.74, 6) is -0.398. The Hall–Kier alpha value is -1.73. The number of carboxylic acid groups (broad SMARTS) is 1. The molecule has 7 heteroatoms. The number of likely N-dealkylation sites (N-methyl/N-ethyl adjacent to an activating group) is 1. The topological polar surface area (TPSA) is 86.3 Å². The van der Waals surface area contributed by atoms with Gasteiger partial charge in [0, 0.05) is 0 Å². The van der Waals surface area contributed by atoms with Crippen LogP contribution in [0.15, 0.2) is 16.2 Å². The number of rotatable bonds is 5. The fourth-order valence-electron chi connectivity index (χ4n) is 1.68. The van der Waals surface area contributed by atoms with Gasteiger partial charge < -0.3 is 10.1 Å². The number of nitrogens with one attached hydrogen (secondary N) is 1. The molecule has 18 heavy (non-hydrogen) atoms. The SMILES string of the molecule is CCN(CC(=O)O)Cc1nc2ccsc2c(=O)[nH]1. The fourth-order valence-corrected chi connectivity index (χ4v) is 2.40. The Morgan fingerprint density at radius 1 is 1.61 bits per heavy atom. The molecule has 0 unspecified atom stereocenters. The minimum absolute atomic E-state index is 0.0676. The second kappa shape index (κ2) is 5.28. The van der Waals surface area contributed by atoms with Gasteiger partial charge in [0.2, 0.25) is 0 Å². The van der Waals surface area contributed by atoms with E-state index in [1.54, 1.807) is 11.0 Å². The van der Waals surface area contributed by atoms with Crippen LogP contribution >= 0.6 is 11.3 Å². The number of nitrogens with zero attached hydrogens (tertiary/aromatic N) is 2. The maximum absolute atomic E-state index is 11.7. The molecule has 0 bridgehead atoms. The Bertz CT molecular complexity index is 619. The van der Waals surface area contributed by atoms with Crippen molar-refractivity contribution in [3.05, 3.63) is 27.6 Å². The van der Waals surface area contributed by atoms with Crippen molar-refractivity contribution in [2.75, 3.05) is 13.1 Å². The van der Waals surface area contributed by atoms with Gasteiger partial charge in [0.15, 0.2) is 0 Å². The molecule has 2 N–H and O–H groups in total. The van der Waals surface area contributed by atoms with E-state index in [0.717, 1.165) is 0 Å². The highest BCUT2D eigenvalue weighted by Crippen LogP contribution is 2.14. The van der Waals surface area contributed by atoms with Gasteiger partial charge in [0.25, 0.3) is 5.56 Å². The van der Waals surface area contributed by atoms with Crippen LogP contribution in [0.1, 0.15) is 12.7 Å². The zero-order valence-electron chi connectivity index (χ0n) is 9.84. The molecule has 96 valence electrons. The highest BCUT2D eigenvalue weighted by atomic mass is 32.1. The summed E-state index contributed by atoms with van der Waals surface area (Å²) in [5, 5.41) is 10.6. The second-order valence-corrected chi connectivity index (χ2v) is 4.76. The molecule has 0 radical (unpaired) electrons. The molecule has 0 amide bonds. The number of aliphatic carboxylic acids is 1. The third-order valence-electron chi connectivity index (χ3n) is 2.54. The van der Waals surface area contributed by atoms with E-state index in [4.69, 9.17) is 5.11 Å². The molecule has 0 aliphatic heterocycles. The van der Waals surface area contributed by atoms with E-state index in [-0.39, 0.29) is 12.1 Å². The molecular weight excluding hydrogens is 254 g/mol. The number of hydrogen-bond donors (Lipinski definition) is 2. The quantitative estimate of drug-likeness (QED) is 0.840. The average Bonchev–Trinajstić information content (AvgIpc) is 2.76. The maximum Gasteiger partial charge on any atom is 0.317 e. The summed E-state index contributed by atoms with van der Waals surface area (Å²) in [6, 6.07) is 1.78. The van der Waals surface area contributed by atoms with Gasteiger partial charge in [-0.1, -0.05) is 6.92 Å². The van der Waals surface area contributed by atoms with Crippen LogP contribution in [0, 0.1) is 0 Å². The Kier molecular flexibility index (Phi) is 3.73. The molecule has 2 aromatic heterocycles. The number of aromatic nitrogens is 2. The predicted octanol–water partition coefficient (Wildman–Crippen LogP) is 0.891. The van der Waals surface area contributed by atoms with Gasteiger partial charge in [0.05, 0.1) is 18.6 Å². The Morgan fingerprint density at radius 3 is 3.06 bits per heavy atom. The van der Waals surface area contributed by atoms with Crippen LogP contribution in [0.4, 0.5) is 0 Å². The first-order chi connectivity index (χ1) is 8.60. The number of thiophene rings is 1. The van der Waals surface area contributed by atoms with Gasteiger partial charge in [-0.25, -0.2) is 4.98 Å². The first-order valence-electron chi connectivity index (χ1n) is 5.50. The van der Waals surface area contributed by atoms with Gasteiger partial charge in [-0.15, -0.1) is 11.3 Å². The van der Waals surface area contributed by atoms with E-state index < -0.39 is 5.97 Å². The number of aromatic amines is 1. The van der Waals surface area contributed by atoms with E-state index in [0.29, 0.717) is 29.1 Å². The van der Waals surface area contributed by atoms with Crippen LogP contribution in [0.5, 0.6) is 0 Å². The number of fused-ring (bicyclic) bond motifs is 1. The lowest BCUT2D eigenvalue weighted by molar-refractivity contribution is -0.138. The Labute approximate surface area is 107 Å². The van der Waals surface area contributed by atoms with Crippen molar-refractivity contribution in [1.29, 1.82) is 0 Å². The smallest absolute Gasteiger partial charge is 0.317 e. The number of carboxylic acids is 1. The lowest BCUT2D eigenvalue weighted by Gasteiger charge is -2.16. The Morgan fingerprint density at radius 2 is 2.39 bits per heavy atom. The zero-order chi connectivity index (χ0) is 13.1. The summed E-state index contributed by atoms with van der Waals surface area (Å²) >= 11 is 1.34. The molecule has 0 spiro atoms. The molecule has 0 fully saturated rings. The molecule has 0 saturated carbocycles. The third-order valence-corrected chi connectivity index (χ3v) is 3.45. The molecule has 0 aliphatic carbocycles. The summed E-state index contributed by atoms with van der Waals surface area (Å²) < 4.78 is 0.597. The number of carbonyl (C=O) groups is 1. The van der Waals surface area contributed by atoms with E-state index >= 15 is 0 Å². The lowest BCUT2D eigenvalue weighted by atomic mass is 10.4. The Balaban J connectivity index is 2.25. The van der Waals surface area contributed by atoms with E-state index in [1.165, 1.54) is 11.3 Å². The minimum Gasteiger partial charge on any atom is -0.480 e. The summed E-state index contributed by atoms with van der Waals surface area (Å²) in [7, 11) is 0. The molecule has 6 nitrogen and oxygen atoms in total. The predicted molar refractivity (Wildman–Crippen MR) is 68.8 cm³/mol. The first-order valence-corrected chi connectivity index (χ1v) is 6.38. The summed E-state index contributed by atoms with van der Waals surface area (Å²) in [6.07, 6.45) is 0. The molecule has 0 saturated heterocycles. The van der Waals surface area contributed by atoms with Crippen molar-refractivity contribution >= 4 is 27.5 Å². The van der Waals surface area contributed by atoms with Crippen molar-refractivity contribution in [3.63, 3.8) is 0 Å². The van der Waals surface area contributed by atoms with E-state index in [9.17, 15) is 9.59 Å². The summed E-state index contributed by atoms with van der Waals surface area (Å²) in [6.45, 7) is 2.70. The van der Waals surface area contributed by atoms with E-state index in [1.807, 2.05) is 12.3 Å². The molecule has 0 aliphatic rings. The van der Waals surface area contributed by atoms with Crippen LogP contribution in [0.25, 0.3) is 10.2 Å². The van der Waals surface area contributed by atoms with Crippen LogP contribution in [0.3, 0.4) is 0 Å². The second-order valence-electron chi connectivity index (χ2n) is 3.84. The fraction of sp³-hybridized carbons (Fsp3) is 0.364. The molecule has 2 heterocycles. The molecule has 2 rings (SSSR count). The van der Waals surface area contributed by atoms with Crippen molar-refractivity contribution in [2.24, 2.45) is 0 Å². The average molecular weight is 267 g/mol. The van der Waals surface area contributed by atoms with Crippen LogP contribution in [0.2, 0.25) is 0 Å². The normalized spacial score (nSPS) is 11.2. The van der Waals surface area contributed by atoms with E-state index in [2.05, 4.69) is 9.97 Å². The van der Waals surface area contributed by atoms with Crippen LogP contribution in [-0.4, -0.2) is 39.0 Å². The van der Waals surface area contributed by atoms with Crippen LogP contribution in [-0.2, 0) is 11.3 Å². The molecule has 2 aromatic rings. The standard InChI is InChI=1S/C11H13N3O3S/c1-2-14(6-9(15)16)5-8-12-7-3-4-18-10(7)11(17)13-8/h3-4H,2,5-6H2,1H3,(H,15,16)(H,12,13,17).